The Morgan fingerprint density at radius 2 is 1.69 bits per heavy atom. The molecule has 1 aliphatic heterocycles. The summed E-state index contributed by atoms with van der Waals surface area (Å²) in [5.41, 5.74) is 1.50. The van der Waals surface area contributed by atoms with Crippen LogP contribution in [0.3, 0.4) is 0 Å². The lowest BCUT2D eigenvalue weighted by atomic mass is 10.1. The highest BCUT2D eigenvalue weighted by Crippen LogP contribution is 2.25. The molecule has 0 bridgehead atoms. The summed E-state index contributed by atoms with van der Waals surface area (Å²) in [7, 11) is 3.76. The van der Waals surface area contributed by atoms with Crippen LogP contribution < -0.4 is 15.1 Å². The summed E-state index contributed by atoms with van der Waals surface area (Å²) >= 11 is 0. The number of fused-ring (bicyclic) bond motifs is 1. The van der Waals surface area contributed by atoms with Gasteiger partial charge in [0.05, 0.1) is 12.7 Å². The van der Waals surface area contributed by atoms with Gasteiger partial charge in [0.15, 0.2) is 0 Å². The molecule has 0 N–H and O–H groups in total. The van der Waals surface area contributed by atoms with Crippen molar-refractivity contribution in [3.05, 3.63) is 59.0 Å². The minimum Gasteiger partial charge on any atom is -0.497 e. The van der Waals surface area contributed by atoms with Crippen LogP contribution in [0.5, 0.6) is 11.5 Å². The van der Waals surface area contributed by atoms with Gasteiger partial charge >= 0.3 is 5.63 Å². The molecule has 4 rings (SSSR count). The van der Waals surface area contributed by atoms with Crippen molar-refractivity contribution in [3.63, 3.8) is 0 Å². The van der Waals surface area contributed by atoms with Crippen LogP contribution in [0.2, 0.25) is 0 Å². The molecule has 0 saturated carbocycles. The van der Waals surface area contributed by atoms with E-state index >= 15 is 0 Å². The highest BCUT2D eigenvalue weighted by molar-refractivity contribution is 5.82. The third-order valence-electron chi connectivity index (χ3n) is 5.38. The third kappa shape index (κ3) is 4.60. The smallest absolute Gasteiger partial charge is 0.344 e. The standard InChI is InChI=1S/C23H26N2O4/c1-24-9-11-25(12-10-24)13-14-28-20-8-5-18-15-21(23(26)29-22(18)16-20)17-3-6-19(27-2)7-4-17/h3-8,15-16H,9-14H2,1-2H3. The highest BCUT2D eigenvalue weighted by atomic mass is 16.5. The van der Waals surface area contributed by atoms with E-state index in [9.17, 15) is 4.79 Å². The molecule has 1 fully saturated rings. The highest BCUT2D eigenvalue weighted by Gasteiger charge is 2.13. The summed E-state index contributed by atoms with van der Waals surface area (Å²) in [5.74, 6) is 1.46. The van der Waals surface area contributed by atoms with Gasteiger partial charge in [-0.1, -0.05) is 12.1 Å². The average molecular weight is 394 g/mol. The molecule has 1 aromatic heterocycles. The maximum Gasteiger partial charge on any atom is 0.344 e. The van der Waals surface area contributed by atoms with Crippen molar-refractivity contribution in [3.8, 4) is 22.6 Å². The first-order valence-electron chi connectivity index (χ1n) is 9.88. The zero-order chi connectivity index (χ0) is 20.2. The second-order valence-electron chi connectivity index (χ2n) is 7.37. The van der Waals surface area contributed by atoms with Gasteiger partial charge in [0.25, 0.3) is 0 Å². The SMILES string of the molecule is COc1ccc(-c2cc3ccc(OCCN4CCN(C)CC4)cc3oc2=O)cc1. The number of benzene rings is 2. The molecule has 2 aromatic carbocycles. The molecule has 6 nitrogen and oxygen atoms in total. The number of nitrogens with zero attached hydrogens (tertiary/aromatic N) is 2. The van der Waals surface area contributed by atoms with Crippen molar-refractivity contribution < 1.29 is 13.9 Å². The van der Waals surface area contributed by atoms with Crippen LogP contribution in [0.25, 0.3) is 22.1 Å². The molecule has 0 amide bonds. The summed E-state index contributed by atoms with van der Waals surface area (Å²) in [6.07, 6.45) is 0. The molecule has 2 heterocycles. The molecule has 6 heteroatoms. The van der Waals surface area contributed by atoms with Gasteiger partial charge in [0, 0.05) is 44.2 Å². The van der Waals surface area contributed by atoms with Crippen LogP contribution >= 0.6 is 0 Å². The van der Waals surface area contributed by atoms with E-state index in [1.807, 2.05) is 42.5 Å². The fourth-order valence-electron chi connectivity index (χ4n) is 3.52. The molecule has 3 aromatic rings. The van der Waals surface area contributed by atoms with Crippen molar-refractivity contribution in [2.45, 2.75) is 0 Å². The minimum absolute atomic E-state index is 0.364. The van der Waals surface area contributed by atoms with Gasteiger partial charge in [-0.2, -0.15) is 0 Å². The molecule has 0 atom stereocenters. The van der Waals surface area contributed by atoms with Gasteiger partial charge < -0.3 is 18.8 Å². The zero-order valence-corrected chi connectivity index (χ0v) is 16.9. The lowest BCUT2D eigenvalue weighted by Gasteiger charge is -2.32. The predicted molar refractivity (Wildman–Crippen MR) is 114 cm³/mol. The molecule has 29 heavy (non-hydrogen) atoms. The van der Waals surface area contributed by atoms with Gasteiger partial charge in [-0.15, -0.1) is 0 Å². The van der Waals surface area contributed by atoms with Crippen LogP contribution in [0.4, 0.5) is 0 Å². The second kappa shape index (κ2) is 8.68. The maximum absolute atomic E-state index is 12.5. The third-order valence-corrected chi connectivity index (χ3v) is 5.38. The van der Waals surface area contributed by atoms with Crippen LogP contribution in [0, 0.1) is 0 Å². The van der Waals surface area contributed by atoms with Crippen LogP contribution in [0.15, 0.2) is 57.7 Å². The van der Waals surface area contributed by atoms with Crippen molar-refractivity contribution in [1.29, 1.82) is 0 Å². The Morgan fingerprint density at radius 1 is 0.966 bits per heavy atom. The Hall–Kier alpha value is -2.83. The monoisotopic (exact) mass is 394 g/mol. The lowest BCUT2D eigenvalue weighted by molar-refractivity contribution is 0.134. The van der Waals surface area contributed by atoms with E-state index in [-0.39, 0.29) is 5.63 Å². The quantitative estimate of drug-likeness (QED) is 0.599. The molecule has 0 spiro atoms. The summed E-state index contributed by atoms with van der Waals surface area (Å²) < 4.78 is 16.6. The fraction of sp³-hybridized carbons (Fsp3) is 0.348. The number of piperazine rings is 1. The van der Waals surface area contributed by atoms with Gasteiger partial charge in [0.2, 0.25) is 0 Å². The minimum atomic E-state index is -0.364. The number of ether oxygens (including phenoxy) is 2. The Balaban J connectivity index is 1.46. The Labute approximate surface area is 170 Å². The molecule has 152 valence electrons. The Bertz CT molecular complexity index is 1020. The number of rotatable bonds is 6. The van der Waals surface area contributed by atoms with E-state index < -0.39 is 0 Å². The Morgan fingerprint density at radius 3 is 2.41 bits per heavy atom. The first-order chi connectivity index (χ1) is 14.1. The van der Waals surface area contributed by atoms with Gasteiger partial charge in [-0.3, -0.25) is 4.90 Å². The zero-order valence-electron chi connectivity index (χ0n) is 16.9. The molecular formula is C23H26N2O4. The number of hydrogen-bond acceptors (Lipinski definition) is 6. The van der Waals surface area contributed by atoms with Crippen molar-refractivity contribution in [2.24, 2.45) is 0 Å². The van der Waals surface area contributed by atoms with E-state index in [0.717, 1.165) is 49.4 Å². The van der Waals surface area contributed by atoms with Crippen molar-refractivity contribution >= 4 is 11.0 Å². The molecule has 0 unspecified atom stereocenters. The predicted octanol–water partition coefficient (Wildman–Crippen LogP) is 3.09. The number of likely N-dealkylation sites (N-methyl/N-ethyl adjacent to an activating group) is 1. The first-order valence-corrected chi connectivity index (χ1v) is 9.88. The molecular weight excluding hydrogens is 368 g/mol. The molecule has 0 radical (unpaired) electrons. The van der Waals surface area contributed by atoms with Crippen LogP contribution in [0.1, 0.15) is 0 Å². The van der Waals surface area contributed by atoms with Crippen LogP contribution in [-0.2, 0) is 0 Å². The summed E-state index contributed by atoms with van der Waals surface area (Å²) in [6.45, 7) is 5.84. The van der Waals surface area contributed by atoms with Gasteiger partial charge in [0.1, 0.15) is 23.7 Å². The average Bonchev–Trinajstić information content (AvgIpc) is 2.75. The summed E-state index contributed by atoms with van der Waals surface area (Å²) in [4.78, 5) is 17.2. The first kappa shape index (κ1) is 19.5. The summed E-state index contributed by atoms with van der Waals surface area (Å²) in [6, 6.07) is 14.9. The van der Waals surface area contributed by atoms with E-state index in [4.69, 9.17) is 13.9 Å². The molecule has 0 aliphatic carbocycles. The largest absolute Gasteiger partial charge is 0.497 e. The molecule has 1 saturated heterocycles. The number of methoxy groups -OCH3 is 1. The lowest BCUT2D eigenvalue weighted by Crippen LogP contribution is -2.45. The van der Waals surface area contributed by atoms with Gasteiger partial charge in [-0.05, 0) is 42.9 Å². The summed E-state index contributed by atoms with van der Waals surface area (Å²) in [5, 5.41) is 0.863. The van der Waals surface area contributed by atoms with Crippen molar-refractivity contribution in [2.75, 3.05) is 53.5 Å². The Kier molecular flexibility index (Phi) is 5.83. The number of hydrogen-bond donors (Lipinski definition) is 0. The van der Waals surface area contributed by atoms with E-state index in [2.05, 4.69) is 16.8 Å². The van der Waals surface area contributed by atoms with E-state index in [0.29, 0.717) is 23.5 Å². The second-order valence-corrected chi connectivity index (χ2v) is 7.37. The van der Waals surface area contributed by atoms with Crippen LogP contribution in [-0.4, -0.2) is 63.3 Å². The topological polar surface area (TPSA) is 55.2 Å². The fourth-order valence-corrected chi connectivity index (χ4v) is 3.52. The van der Waals surface area contributed by atoms with Crippen molar-refractivity contribution in [1.82, 2.24) is 9.80 Å². The normalized spacial score (nSPS) is 15.5. The van der Waals surface area contributed by atoms with E-state index in [1.165, 1.54) is 0 Å². The molecule has 1 aliphatic rings. The van der Waals surface area contributed by atoms with Gasteiger partial charge in [-0.25, -0.2) is 4.79 Å². The van der Waals surface area contributed by atoms with E-state index in [1.54, 1.807) is 13.2 Å². The maximum atomic E-state index is 12.5.